The summed E-state index contributed by atoms with van der Waals surface area (Å²) in [7, 11) is 0. The van der Waals surface area contributed by atoms with Gasteiger partial charge in [0.15, 0.2) is 0 Å². The summed E-state index contributed by atoms with van der Waals surface area (Å²) in [6.45, 7) is 2.23. The molecule has 0 heterocycles. The van der Waals surface area contributed by atoms with Crippen LogP contribution in [0.4, 0.5) is 13.2 Å². The fourth-order valence-corrected chi connectivity index (χ4v) is 3.18. The van der Waals surface area contributed by atoms with E-state index in [2.05, 4.69) is 6.92 Å². The summed E-state index contributed by atoms with van der Waals surface area (Å²) in [6, 6.07) is 5.50. The van der Waals surface area contributed by atoms with Crippen molar-refractivity contribution in [2.24, 2.45) is 17.6 Å². The topological polar surface area (TPSA) is 26.0 Å². The fourth-order valence-electron chi connectivity index (χ4n) is 3.18. The van der Waals surface area contributed by atoms with Gasteiger partial charge in [-0.2, -0.15) is 13.2 Å². The monoisotopic (exact) mass is 285 g/mol. The highest BCUT2D eigenvalue weighted by molar-refractivity contribution is 5.26. The van der Waals surface area contributed by atoms with Gasteiger partial charge < -0.3 is 5.73 Å². The van der Waals surface area contributed by atoms with Gasteiger partial charge in [0.25, 0.3) is 0 Å². The summed E-state index contributed by atoms with van der Waals surface area (Å²) >= 11 is 0. The zero-order valence-electron chi connectivity index (χ0n) is 11.8. The van der Waals surface area contributed by atoms with E-state index < -0.39 is 11.7 Å². The molecule has 1 saturated carbocycles. The summed E-state index contributed by atoms with van der Waals surface area (Å²) in [5, 5.41) is 0. The number of benzene rings is 1. The third kappa shape index (κ3) is 3.98. The van der Waals surface area contributed by atoms with Gasteiger partial charge in [-0.3, -0.25) is 0 Å². The Morgan fingerprint density at radius 1 is 1.30 bits per heavy atom. The molecule has 20 heavy (non-hydrogen) atoms. The molecule has 4 heteroatoms. The van der Waals surface area contributed by atoms with Crippen LogP contribution in [0.2, 0.25) is 0 Å². The molecule has 0 radical (unpaired) electrons. The average molecular weight is 285 g/mol. The van der Waals surface area contributed by atoms with Crippen LogP contribution >= 0.6 is 0 Å². The Labute approximate surface area is 118 Å². The Morgan fingerprint density at radius 3 is 2.70 bits per heavy atom. The highest BCUT2D eigenvalue weighted by atomic mass is 19.4. The Bertz CT molecular complexity index is 442. The van der Waals surface area contributed by atoms with Crippen molar-refractivity contribution in [2.75, 3.05) is 0 Å². The molecule has 1 nitrogen and oxygen atoms in total. The first kappa shape index (κ1) is 15.4. The van der Waals surface area contributed by atoms with Crippen LogP contribution in [0.5, 0.6) is 0 Å². The maximum Gasteiger partial charge on any atom is 0.416 e. The van der Waals surface area contributed by atoms with Crippen molar-refractivity contribution in [3.8, 4) is 0 Å². The van der Waals surface area contributed by atoms with E-state index >= 15 is 0 Å². The van der Waals surface area contributed by atoms with Crippen LogP contribution in [-0.4, -0.2) is 6.04 Å². The molecule has 3 atom stereocenters. The lowest BCUT2D eigenvalue weighted by Gasteiger charge is -2.31. The van der Waals surface area contributed by atoms with E-state index in [1.807, 2.05) is 0 Å². The van der Waals surface area contributed by atoms with Crippen LogP contribution in [0.3, 0.4) is 0 Å². The van der Waals surface area contributed by atoms with E-state index in [4.69, 9.17) is 5.73 Å². The summed E-state index contributed by atoms with van der Waals surface area (Å²) in [5.41, 5.74) is 6.32. The highest BCUT2D eigenvalue weighted by Crippen LogP contribution is 2.32. The van der Waals surface area contributed by atoms with Crippen molar-refractivity contribution >= 4 is 0 Å². The minimum atomic E-state index is -4.28. The summed E-state index contributed by atoms with van der Waals surface area (Å²) in [5.74, 6) is 1.12. The predicted molar refractivity (Wildman–Crippen MR) is 74.2 cm³/mol. The molecule has 1 aliphatic carbocycles. The third-order valence-corrected chi connectivity index (χ3v) is 4.31. The number of nitrogens with two attached hydrogens (primary N) is 1. The lowest BCUT2D eigenvalue weighted by atomic mass is 9.77. The Balaban J connectivity index is 2.02. The van der Waals surface area contributed by atoms with Gasteiger partial charge in [-0.1, -0.05) is 38.0 Å². The molecule has 112 valence electrons. The number of rotatable bonds is 3. The molecular formula is C16H22F3N. The molecule has 1 aromatic rings. The van der Waals surface area contributed by atoms with Crippen molar-refractivity contribution in [1.82, 2.24) is 0 Å². The largest absolute Gasteiger partial charge is 0.416 e. The minimum Gasteiger partial charge on any atom is -0.327 e. The van der Waals surface area contributed by atoms with Crippen LogP contribution in [0.25, 0.3) is 0 Å². The van der Waals surface area contributed by atoms with E-state index in [9.17, 15) is 13.2 Å². The molecule has 2 N–H and O–H groups in total. The average Bonchev–Trinajstić information content (AvgIpc) is 2.38. The molecule has 0 aliphatic heterocycles. The maximum atomic E-state index is 12.7. The second-order valence-electron chi connectivity index (χ2n) is 6.10. The van der Waals surface area contributed by atoms with Gasteiger partial charge in [0.05, 0.1) is 5.56 Å². The Hall–Kier alpha value is -1.03. The van der Waals surface area contributed by atoms with Crippen molar-refractivity contribution in [1.29, 1.82) is 0 Å². The highest BCUT2D eigenvalue weighted by Gasteiger charge is 2.31. The predicted octanol–water partition coefficient (Wildman–Crippen LogP) is 4.40. The van der Waals surface area contributed by atoms with E-state index in [0.29, 0.717) is 23.8 Å². The quantitative estimate of drug-likeness (QED) is 0.875. The molecule has 0 bridgehead atoms. The number of alkyl halides is 3. The second kappa shape index (κ2) is 6.17. The smallest absolute Gasteiger partial charge is 0.327 e. The maximum absolute atomic E-state index is 12.7. The molecule has 0 saturated heterocycles. The molecule has 0 spiro atoms. The van der Waals surface area contributed by atoms with Crippen molar-refractivity contribution in [2.45, 2.75) is 51.2 Å². The first-order chi connectivity index (χ1) is 9.36. The zero-order chi connectivity index (χ0) is 14.8. The number of hydrogen-bond acceptors (Lipinski definition) is 1. The van der Waals surface area contributed by atoms with E-state index in [0.717, 1.165) is 18.9 Å². The summed E-state index contributed by atoms with van der Waals surface area (Å²) in [4.78, 5) is 0. The fraction of sp³-hybridized carbons (Fsp3) is 0.625. The molecule has 0 amide bonds. The molecule has 0 aromatic heterocycles. The lowest BCUT2D eigenvalue weighted by Crippen LogP contribution is -2.35. The van der Waals surface area contributed by atoms with Crippen molar-refractivity contribution in [3.63, 3.8) is 0 Å². The Kier molecular flexibility index (Phi) is 4.74. The number of hydrogen-bond donors (Lipinski definition) is 1. The van der Waals surface area contributed by atoms with Gasteiger partial charge >= 0.3 is 6.18 Å². The molecule has 1 aromatic carbocycles. The molecule has 1 aliphatic rings. The zero-order valence-corrected chi connectivity index (χ0v) is 11.8. The van der Waals surface area contributed by atoms with Crippen molar-refractivity contribution < 1.29 is 13.2 Å². The van der Waals surface area contributed by atoms with Gasteiger partial charge in [0, 0.05) is 6.04 Å². The van der Waals surface area contributed by atoms with Crippen LogP contribution in [0.1, 0.15) is 43.7 Å². The van der Waals surface area contributed by atoms with Gasteiger partial charge in [0.2, 0.25) is 0 Å². The van der Waals surface area contributed by atoms with Gasteiger partial charge in [0.1, 0.15) is 0 Å². The molecule has 1 fully saturated rings. The first-order valence-electron chi connectivity index (χ1n) is 7.28. The van der Waals surface area contributed by atoms with Gasteiger partial charge in [-0.15, -0.1) is 0 Å². The number of halogens is 3. The van der Waals surface area contributed by atoms with Crippen molar-refractivity contribution in [3.05, 3.63) is 35.4 Å². The standard InChI is InChI=1S/C16H22F3N/c1-11-4-2-6-13(8-11)15(20)10-12-5-3-7-14(9-12)16(17,18)19/h3,5,7,9,11,13,15H,2,4,6,8,10,20H2,1H3. The van der Waals surface area contributed by atoms with Crippen LogP contribution in [0.15, 0.2) is 24.3 Å². The van der Waals surface area contributed by atoms with E-state index in [1.165, 1.54) is 25.0 Å². The van der Waals surface area contributed by atoms with Gasteiger partial charge in [-0.25, -0.2) is 0 Å². The van der Waals surface area contributed by atoms with Crippen LogP contribution < -0.4 is 5.73 Å². The summed E-state index contributed by atoms with van der Waals surface area (Å²) in [6.07, 6.45) is 0.875. The molecule has 3 unspecified atom stereocenters. The van der Waals surface area contributed by atoms with E-state index in [-0.39, 0.29) is 6.04 Å². The molecular weight excluding hydrogens is 263 g/mol. The normalized spacial score (nSPS) is 25.4. The SMILES string of the molecule is CC1CCCC(C(N)Cc2cccc(C(F)(F)F)c2)C1. The minimum absolute atomic E-state index is 0.0405. The van der Waals surface area contributed by atoms with Crippen LogP contribution in [-0.2, 0) is 12.6 Å². The lowest BCUT2D eigenvalue weighted by molar-refractivity contribution is -0.137. The third-order valence-electron chi connectivity index (χ3n) is 4.31. The van der Waals surface area contributed by atoms with E-state index in [1.54, 1.807) is 6.07 Å². The molecule has 2 rings (SSSR count). The Morgan fingerprint density at radius 2 is 2.05 bits per heavy atom. The summed E-state index contributed by atoms with van der Waals surface area (Å²) < 4.78 is 38.0. The van der Waals surface area contributed by atoms with Gasteiger partial charge in [-0.05, 0) is 42.7 Å². The second-order valence-corrected chi connectivity index (χ2v) is 6.10. The first-order valence-corrected chi connectivity index (χ1v) is 7.28. The van der Waals surface area contributed by atoms with Crippen LogP contribution in [0, 0.1) is 11.8 Å².